The van der Waals surface area contributed by atoms with Crippen LogP contribution >= 0.6 is 0 Å². The summed E-state index contributed by atoms with van der Waals surface area (Å²) in [5, 5.41) is 0. The number of allylic oxidation sites excluding steroid dienone is 1. The first kappa shape index (κ1) is 28.1. The van der Waals surface area contributed by atoms with Crippen molar-refractivity contribution in [2.75, 3.05) is 13.2 Å². The molecule has 0 unspecified atom stereocenters. The molecule has 4 rings (SSSR count). The Hall–Kier alpha value is -2.89. The van der Waals surface area contributed by atoms with E-state index in [1.165, 1.54) is 25.3 Å². The van der Waals surface area contributed by atoms with E-state index < -0.39 is 23.7 Å². The summed E-state index contributed by atoms with van der Waals surface area (Å²) in [6.07, 6.45) is 10.6. The molecule has 38 heavy (non-hydrogen) atoms. The Morgan fingerprint density at radius 3 is 2.05 bits per heavy atom. The second-order valence-corrected chi connectivity index (χ2v) is 10.0. The summed E-state index contributed by atoms with van der Waals surface area (Å²) in [5.41, 5.74) is 2.87. The van der Waals surface area contributed by atoms with Crippen molar-refractivity contribution >= 4 is 0 Å². The van der Waals surface area contributed by atoms with Crippen LogP contribution in [0.3, 0.4) is 0 Å². The largest absolute Gasteiger partial charge is 0.348 e. The number of halogens is 3. The Morgan fingerprint density at radius 1 is 0.763 bits per heavy atom. The van der Waals surface area contributed by atoms with Crippen LogP contribution < -0.4 is 0 Å². The van der Waals surface area contributed by atoms with Crippen molar-refractivity contribution in [1.29, 1.82) is 0 Å². The molecule has 0 aromatic heterocycles. The molecule has 1 heterocycles. The first-order chi connectivity index (χ1) is 18.5. The minimum atomic E-state index is -0.832. The summed E-state index contributed by atoms with van der Waals surface area (Å²) in [6.45, 7) is 5.18. The van der Waals surface area contributed by atoms with Crippen LogP contribution in [-0.2, 0) is 15.9 Å². The molecule has 3 aromatic rings. The van der Waals surface area contributed by atoms with Crippen LogP contribution in [0.2, 0.25) is 0 Å². The second kappa shape index (κ2) is 13.8. The Morgan fingerprint density at radius 2 is 1.39 bits per heavy atom. The topological polar surface area (TPSA) is 18.5 Å². The van der Waals surface area contributed by atoms with E-state index >= 15 is 4.39 Å². The van der Waals surface area contributed by atoms with Gasteiger partial charge in [-0.05, 0) is 42.5 Å². The van der Waals surface area contributed by atoms with Crippen molar-refractivity contribution in [3.8, 4) is 22.3 Å². The quantitative estimate of drug-likeness (QED) is 0.184. The third kappa shape index (κ3) is 6.95. The smallest absolute Gasteiger partial charge is 0.183 e. The number of rotatable bonds is 11. The molecule has 1 aliphatic heterocycles. The molecule has 0 amide bonds. The first-order valence-electron chi connectivity index (χ1n) is 13.7. The molecule has 1 saturated heterocycles. The third-order valence-electron chi connectivity index (χ3n) is 7.12. The van der Waals surface area contributed by atoms with Gasteiger partial charge in [-0.1, -0.05) is 99.7 Å². The highest BCUT2D eigenvalue weighted by atomic mass is 19.2. The number of aryl methyl sites for hydroxylation is 1. The molecule has 1 fully saturated rings. The predicted octanol–water partition coefficient (Wildman–Crippen LogP) is 9.58. The zero-order valence-electron chi connectivity index (χ0n) is 22.3. The maximum atomic E-state index is 15.0. The number of hydrogen-bond donors (Lipinski definition) is 0. The fraction of sp³-hybridized carbons (Fsp3) is 0.394. The molecule has 0 bridgehead atoms. The second-order valence-electron chi connectivity index (χ2n) is 10.0. The Kier molecular flexibility index (Phi) is 10.2. The molecule has 0 N–H and O–H groups in total. The summed E-state index contributed by atoms with van der Waals surface area (Å²) < 4.78 is 56.3. The van der Waals surface area contributed by atoms with E-state index in [1.807, 2.05) is 19.1 Å². The van der Waals surface area contributed by atoms with Crippen LogP contribution in [-0.4, -0.2) is 13.2 Å². The molecular weight excluding hydrogens is 485 g/mol. The standard InChI is InChI=1S/C33H37F3O2/c1-3-5-6-7-8-9-11-26-16-19-29(32(36)31(26)35)25-14-12-24(13-15-25)28-18-17-27(20-30(28)34)33-37-21-23(10-4-2)22-38-33/h4,10,12-20,23,33H,3,5-9,11,21-22H2,1-2H3/b10-4+. The molecule has 5 heteroatoms. The molecule has 0 spiro atoms. The van der Waals surface area contributed by atoms with Gasteiger partial charge in [0.25, 0.3) is 0 Å². The van der Waals surface area contributed by atoms with E-state index in [1.54, 1.807) is 48.5 Å². The van der Waals surface area contributed by atoms with E-state index in [0.717, 1.165) is 19.3 Å². The summed E-state index contributed by atoms with van der Waals surface area (Å²) in [4.78, 5) is 0. The summed E-state index contributed by atoms with van der Waals surface area (Å²) in [7, 11) is 0. The van der Waals surface area contributed by atoms with Crippen molar-refractivity contribution in [3.63, 3.8) is 0 Å². The van der Waals surface area contributed by atoms with E-state index in [9.17, 15) is 8.78 Å². The Balaban J connectivity index is 1.41. The lowest BCUT2D eigenvalue weighted by atomic mass is 9.96. The monoisotopic (exact) mass is 522 g/mol. The van der Waals surface area contributed by atoms with Gasteiger partial charge in [0.15, 0.2) is 17.9 Å². The predicted molar refractivity (Wildman–Crippen MR) is 147 cm³/mol. The van der Waals surface area contributed by atoms with Crippen molar-refractivity contribution in [1.82, 2.24) is 0 Å². The molecule has 1 aliphatic rings. The lowest BCUT2D eigenvalue weighted by molar-refractivity contribution is -0.197. The van der Waals surface area contributed by atoms with Gasteiger partial charge in [0, 0.05) is 22.6 Å². The summed E-state index contributed by atoms with van der Waals surface area (Å²) in [6, 6.07) is 15.1. The maximum Gasteiger partial charge on any atom is 0.183 e. The summed E-state index contributed by atoms with van der Waals surface area (Å²) >= 11 is 0. The van der Waals surface area contributed by atoms with Gasteiger partial charge in [-0.2, -0.15) is 0 Å². The number of hydrogen-bond acceptors (Lipinski definition) is 2. The Bertz CT molecular complexity index is 1210. The number of benzene rings is 3. The van der Waals surface area contributed by atoms with E-state index in [2.05, 4.69) is 6.92 Å². The van der Waals surface area contributed by atoms with E-state index in [4.69, 9.17) is 9.47 Å². The molecule has 3 aromatic carbocycles. The minimum Gasteiger partial charge on any atom is -0.348 e. The van der Waals surface area contributed by atoms with Gasteiger partial charge in [-0.15, -0.1) is 0 Å². The highest BCUT2D eigenvalue weighted by Crippen LogP contribution is 2.33. The van der Waals surface area contributed by atoms with Crippen molar-refractivity contribution in [3.05, 3.63) is 95.3 Å². The van der Waals surface area contributed by atoms with Crippen molar-refractivity contribution in [2.45, 2.75) is 65.1 Å². The normalized spacial score (nSPS) is 17.8. The van der Waals surface area contributed by atoms with E-state index in [0.29, 0.717) is 47.5 Å². The fourth-order valence-electron chi connectivity index (χ4n) is 4.94. The highest BCUT2D eigenvalue weighted by molar-refractivity contribution is 5.71. The lowest BCUT2D eigenvalue weighted by Gasteiger charge is -2.28. The molecule has 0 atom stereocenters. The van der Waals surface area contributed by atoms with Crippen LogP contribution in [0.5, 0.6) is 0 Å². The minimum absolute atomic E-state index is 0.203. The van der Waals surface area contributed by atoms with E-state index in [-0.39, 0.29) is 11.5 Å². The Labute approximate surface area is 224 Å². The van der Waals surface area contributed by atoms with Gasteiger partial charge in [0.05, 0.1) is 13.2 Å². The first-order valence-corrected chi connectivity index (χ1v) is 13.7. The molecular formula is C33H37F3O2. The SMILES string of the molecule is C/C=C/C1COC(c2ccc(-c3ccc(-c4ccc(CCCCCCCC)c(F)c4F)cc3)c(F)c2)OC1. The third-order valence-corrected chi connectivity index (χ3v) is 7.12. The molecule has 2 nitrogen and oxygen atoms in total. The fourth-order valence-corrected chi connectivity index (χ4v) is 4.94. The molecule has 202 valence electrons. The van der Waals surface area contributed by atoms with Crippen LogP contribution in [0.1, 0.15) is 69.8 Å². The van der Waals surface area contributed by atoms with Crippen molar-refractivity contribution in [2.24, 2.45) is 5.92 Å². The lowest BCUT2D eigenvalue weighted by Crippen LogP contribution is -2.25. The number of unbranched alkanes of at least 4 members (excludes halogenated alkanes) is 5. The summed E-state index contributed by atoms with van der Waals surface area (Å²) in [5.74, 6) is -1.80. The van der Waals surface area contributed by atoms with Crippen LogP contribution in [0.25, 0.3) is 22.3 Å². The molecule has 0 radical (unpaired) electrons. The van der Waals surface area contributed by atoms with Gasteiger partial charge < -0.3 is 9.47 Å². The van der Waals surface area contributed by atoms with Crippen molar-refractivity contribution < 1.29 is 22.6 Å². The van der Waals surface area contributed by atoms with Crippen LogP contribution in [0.15, 0.2) is 66.7 Å². The average Bonchev–Trinajstić information content (AvgIpc) is 2.94. The van der Waals surface area contributed by atoms with Gasteiger partial charge in [0.2, 0.25) is 0 Å². The maximum absolute atomic E-state index is 15.0. The molecule has 0 saturated carbocycles. The van der Waals surface area contributed by atoms with Gasteiger partial charge >= 0.3 is 0 Å². The average molecular weight is 523 g/mol. The van der Waals surface area contributed by atoms with Gasteiger partial charge in [0.1, 0.15) is 5.82 Å². The van der Waals surface area contributed by atoms with Crippen LogP contribution in [0, 0.1) is 23.4 Å². The van der Waals surface area contributed by atoms with Gasteiger partial charge in [-0.3, -0.25) is 0 Å². The highest BCUT2D eigenvalue weighted by Gasteiger charge is 2.23. The zero-order chi connectivity index (χ0) is 26.9. The van der Waals surface area contributed by atoms with Gasteiger partial charge in [-0.25, -0.2) is 13.2 Å². The number of ether oxygens (including phenoxy) is 2. The molecule has 0 aliphatic carbocycles. The van der Waals surface area contributed by atoms with Crippen LogP contribution in [0.4, 0.5) is 13.2 Å². The zero-order valence-corrected chi connectivity index (χ0v) is 22.3.